The van der Waals surface area contributed by atoms with E-state index < -0.39 is 11.8 Å². The topological polar surface area (TPSA) is 86.7 Å². The number of rotatable bonds is 6. The van der Waals surface area contributed by atoms with Crippen molar-refractivity contribution in [3.05, 3.63) is 58.7 Å². The molecule has 2 aliphatic carbocycles. The highest BCUT2D eigenvalue weighted by Gasteiger charge is 2.31. The molecule has 0 heterocycles. The molecule has 0 radical (unpaired) electrons. The average Bonchev–Trinajstić information content (AvgIpc) is 2.86. The zero-order valence-corrected chi connectivity index (χ0v) is 20.5. The number of ketones is 4. The molecule has 2 aromatic rings. The summed E-state index contributed by atoms with van der Waals surface area (Å²) in [5.74, 6) is 4.90. The summed E-state index contributed by atoms with van der Waals surface area (Å²) in [4.78, 5) is 46.9. The smallest absolute Gasteiger partial charge is 0.173 e. The third-order valence-electron chi connectivity index (χ3n) is 6.35. The van der Waals surface area contributed by atoms with Gasteiger partial charge in [-0.05, 0) is 87.1 Å². The number of carbonyl (C=O) groups excluding carboxylic acids is 4. The SMILES string of the molecule is C#CCOc1ccc2c(c1)CCC(C(C)=O)C2=O.C#CCOc1ccc2c(c1)CCC(C(C)=O)C2=O. The van der Waals surface area contributed by atoms with Crippen molar-refractivity contribution in [3.63, 3.8) is 0 Å². The minimum Gasteiger partial charge on any atom is -0.481 e. The molecule has 6 nitrogen and oxygen atoms in total. The van der Waals surface area contributed by atoms with Crippen LogP contribution in [0.15, 0.2) is 36.4 Å². The summed E-state index contributed by atoms with van der Waals surface area (Å²) in [7, 11) is 0. The Hall–Kier alpha value is -4.16. The maximum atomic E-state index is 12.1. The lowest BCUT2D eigenvalue weighted by atomic mass is 9.81. The third kappa shape index (κ3) is 6.09. The van der Waals surface area contributed by atoms with Gasteiger partial charge < -0.3 is 9.47 Å². The highest BCUT2D eigenvalue weighted by molar-refractivity contribution is 6.12. The number of carbonyl (C=O) groups is 4. The summed E-state index contributed by atoms with van der Waals surface area (Å²) in [6, 6.07) is 10.5. The lowest BCUT2D eigenvalue weighted by molar-refractivity contribution is -0.120. The van der Waals surface area contributed by atoms with Crippen LogP contribution in [0, 0.1) is 36.5 Å². The second-order valence-corrected chi connectivity index (χ2v) is 8.76. The predicted molar refractivity (Wildman–Crippen MR) is 135 cm³/mol. The molecule has 0 aliphatic heterocycles. The van der Waals surface area contributed by atoms with Gasteiger partial charge in [-0.15, -0.1) is 12.8 Å². The Labute approximate surface area is 211 Å². The Morgan fingerprint density at radius 1 is 0.778 bits per heavy atom. The van der Waals surface area contributed by atoms with Gasteiger partial charge >= 0.3 is 0 Å². The van der Waals surface area contributed by atoms with Crippen LogP contribution in [0.4, 0.5) is 0 Å². The average molecular weight is 485 g/mol. The Bertz CT molecular complexity index is 1170. The van der Waals surface area contributed by atoms with Crippen molar-refractivity contribution in [2.75, 3.05) is 13.2 Å². The van der Waals surface area contributed by atoms with Gasteiger partial charge in [0.2, 0.25) is 0 Å². The summed E-state index contributed by atoms with van der Waals surface area (Å²) < 4.78 is 10.6. The van der Waals surface area contributed by atoms with Crippen LogP contribution in [-0.2, 0) is 22.4 Å². The molecule has 0 amide bonds. The van der Waals surface area contributed by atoms with Crippen LogP contribution in [0.5, 0.6) is 11.5 Å². The van der Waals surface area contributed by atoms with E-state index in [1.165, 1.54) is 13.8 Å². The summed E-state index contributed by atoms with van der Waals surface area (Å²) in [5.41, 5.74) is 3.14. The van der Waals surface area contributed by atoms with Crippen molar-refractivity contribution in [2.24, 2.45) is 11.8 Å². The van der Waals surface area contributed by atoms with E-state index in [0.29, 0.717) is 35.5 Å². The van der Waals surface area contributed by atoms with Gasteiger partial charge in [-0.2, -0.15) is 0 Å². The molecule has 36 heavy (non-hydrogen) atoms. The molecular formula is C30H28O6. The second kappa shape index (κ2) is 12.0. The zero-order chi connectivity index (χ0) is 26.2. The first-order chi connectivity index (χ1) is 17.3. The predicted octanol–water partition coefficient (Wildman–Crippen LogP) is 4.07. The van der Waals surface area contributed by atoms with Gasteiger partial charge in [0.15, 0.2) is 11.6 Å². The summed E-state index contributed by atoms with van der Waals surface area (Å²) in [5, 5.41) is 0. The molecule has 0 spiro atoms. The van der Waals surface area contributed by atoms with E-state index in [1.807, 2.05) is 12.1 Å². The number of fused-ring (bicyclic) bond motifs is 2. The number of terminal acetylenes is 2. The van der Waals surface area contributed by atoms with E-state index in [0.717, 1.165) is 24.0 Å². The van der Waals surface area contributed by atoms with Crippen molar-refractivity contribution in [3.8, 4) is 36.2 Å². The van der Waals surface area contributed by atoms with Crippen LogP contribution in [0.25, 0.3) is 0 Å². The van der Waals surface area contributed by atoms with E-state index in [2.05, 4.69) is 11.8 Å². The molecule has 0 saturated heterocycles. The van der Waals surface area contributed by atoms with Crippen molar-refractivity contribution >= 4 is 23.1 Å². The van der Waals surface area contributed by atoms with Crippen LogP contribution in [0.3, 0.4) is 0 Å². The number of hydrogen-bond donors (Lipinski definition) is 0. The van der Waals surface area contributed by atoms with Crippen LogP contribution >= 0.6 is 0 Å². The number of benzene rings is 2. The largest absolute Gasteiger partial charge is 0.481 e. The highest BCUT2D eigenvalue weighted by atomic mass is 16.5. The lowest BCUT2D eigenvalue weighted by Gasteiger charge is -2.21. The van der Waals surface area contributed by atoms with E-state index in [4.69, 9.17) is 22.3 Å². The molecular weight excluding hydrogens is 456 g/mol. The van der Waals surface area contributed by atoms with E-state index >= 15 is 0 Å². The molecule has 6 heteroatoms. The monoisotopic (exact) mass is 484 g/mol. The Balaban J connectivity index is 0.000000201. The van der Waals surface area contributed by atoms with E-state index in [1.54, 1.807) is 24.3 Å². The molecule has 4 rings (SSSR count). The summed E-state index contributed by atoms with van der Waals surface area (Å²) in [6.45, 7) is 3.36. The lowest BCUT2D eigenvalue weighted by Crippen LogP contribution is -2.27. The fraction of sp³-hybridized carbons (Fsp3) is 0.333. The molecule has 184 valence electrons. The van der Waals surface area contributed by atoms with Gasteiger partial charge in [-0.25, -0.2) is 0 Å². The van der Waals surface area contributed by atoms with Crippen molar-refractivity contribution < 1.29 is 28.7 Å². The Morgan fingerprint density at radius 3 is 1.50 bits per heavy atom. The zero-order valence-electron chi connectivity index (χ0n) is 20.5. The fourth-order valence-corrected chi connectivity index (χ4v) is 4.48. The fourth-order valence-electron chi connectivity index (χ4n) is 4.48. The molecule has 0 saturated carbocycles. The quantitative estimate of drug-likeness (QED) is 0.454. The van der Waals surface area contributed by atoms with Crippen molar-refractivity contribution in [2.45, 2.75) is 39.5 Å². The van der Waals surface area contributed by atoms with Crippen molar-refractivity contribution in [1.82, 2.24) is 0 Å². The first-order valence-corrected chi connectivity index (χ1v) is 11.7. The van der Waals surface area contributed by atoms with Gasteiger partial charge in [0.1, 0.15) is 36.3 Å². The molecule has 0 fully saturated rings. The Morgan fingerprint density at radius 2 is 1.17 bits per heavy atom. The van der Waals surface area contributed by atoms with Crippen LogP contribution in [0.2, 0.25) is 0 Å². The third-order valence-corrected chi connectivity index (χ3v) is 6.35. The van der Waals surface area contributed by atoms with Gasteiger partial charge in [0.25, 0.3) is 0 Å². The molecule has 2 aromatic carbocycles. The summed E-state index contributed by atoms with van der Waals surface area (Å²) in [6.07, 6.45) is 12.9. The molecule has 0 aromatic heterocycles. The standard InChI is InChI=1S/2C15H14O3/c2*1-3-8-18-12-5-7-14-11(9-12)4-6-13(10(2)16)15(14)17/h2*1,5,7,9,13H,4,6,8H2,2H3. The minimum absolute atomic E-state index is 0.0571. The van der Waals surface area contributed by atoms with E-state index in [9.17, 15) is 19.2 Å². The van der Waals surface area contributed by atoms with Crippen LogP contribution in [0.1, 0.15) is 58.5 Å². The van der Waals surface area contributed by atoms with Gasteiger partial charge in [-0.3, -0.25) is 19.2 Å². The molecule has 2 unspecified atom stereocenters. The maximum Gasteiger partial charge on any atom is 0.173 e. The van der Waals surface area contributed by atoms with Gasteiger partial charge in [0.05, 0.1) is 11.8 Å². The molecule has 2 aliphatic rings. The highest BCUT2D eigenvalue weighted by Crippen LogP contribution is 2.30. The van der Waals surface area contributed by atoms with Gasteiger partial charge in [-0.1, -0.05) is 11.8 Å². The first-order valence-electron chi connectivity index (χ1n) is 11.7. The Kier molecular flexibility index (Phi) is 8.81. The number of hydrogen-bond acceptors (Lipinski definition) is 6. The van der Waals surface area contributed by atoms with E-state index in [-0.39, 0.29) is 36.3 Å². The van der Waals surface area contributed by atoms with Crippen LogP contribution in [-0.4, -0.2) is 36.3 Å². The minimum atomic E-state index is -0.477. The number of aryl methyl sites for hydroxylation is 2. The van der Waals surface area contributed by atoms with Crippen LogP contribution < -0.4 is 9.47 Å². The summed E-state index contributed by atoms with van der Waals surface area (Å²) >= 11 is 0. The maximum absolute atomic E-state index is 12.1. The van der Waals surface area contributed by atoms with Crippen molar-refractivity contribution in [1.29, 1.82) is 0 Å². The molecule has 0 N–H and O–H groups in total. The second-order valence-electron chi connectivity index (χ2n) is 8.76. The molecule has 2 atom stereocenters. The molecule has 0 bridgehead atoms. The first kappa shape index (κ1) is 26.4. The number of ether oxygens (including phenoxy) is 2. The van der Waals surface area contributed by atoms with Gasteiger partial charge in [0, 0.05) is 11.1 Å². The normalized spacial score (nSPS) is 17.8. The number of Topliss-reactive ketones (excluding diaryl/α,β-unsaturated/α-hetero) is 4.